The standard InChI is InChI=1S/C16H27BNO3P.C9H15ClNOP.C9H17NO.C7H13BO2.C5H11NO.CH4/c1-3-12-14(11(2)15(17)19-12)20-22-18-10-6-7-13(18)16(21-22)8-4-5-9-16;10-13-11-7-3-4-8(11)9(12-13)5-1-2-6-9;11-9(5-1-2-6-9)8-4-3-7-10-8;1-3-5-6(9)4(2)7(8)10-5;1-6-2-4-7-5-3-6;/h11-15H,3-10H2,1-2H3;8H,1-7H2;8,10-11H,1-7H2;4-7,9H,3H2,1-2H3;2-5H2,1H3;1H4/t11?,12-,13+,14-,15-,22+;8-,13?;8-;4?,5-,6-,7-;;/m1001../s1. The summed E-state index contributed by atoms with van der Waals surface area (Å²) in [5.74, 6) is 0.308. The molecule has 8 saturated heterocycles. The third-order valence-corrected chi connectivity index (χ3v) is 20.5. The van der Waals surface area contributed by atoms with Crippen molar-refractivity contribution in [3.8, 4) is 0 Å². The highest BCUT2D eigenvalue weighted by Gasteiger charge is 2.59. The number of rotatable bonds is 5. The maximum Gasteiger partial charge on any atom is 0.260 e. The SMILES string of the molecule is C.CN1CCOCC1.ClP1OC2(CCCC2)[C@@H]2CCCN21.OC1([C@@H]2CCCN2)CCCC1.[B][C@@H]1O[C@H](CC)[C@H](O)C1C.[B][C@@H]1O[C@H](CC)[C@H](O[P@@]2OC3(CCCC3)[C@@H]3CCCN32)C1C. The van der Waals surface area contributed by atoms with Gasteiger partial charge in [-0.3, -0.25) is 0 Å². The Morgan fingerprint density at radius 1 is 0.719 bits per heavy atom. The van der Waals surface area contributed by atoms with E-state index in [1.165, 1.54) is 109 Å². The summed E-state index contributed by atoms with van der Waals surface area (Å²) in [5.41, 5.74) is -0.0603. The highest BCUT2D eigenvalue weighted by atomic mass is 35.7. The second-order valence-electron chi connectivity index (χ2n) is 20.6. The third kappa shape index (κ3) is 12.4. The minimum atomic E-state index is -0.936. The summed E-state index contributed by atoms with van der Waals surface area (Å²) in [6, 6.07) is 1.18. The maximum absolute atomic E-state index is 10.1. The van der Waals surface area contributed by atoms with Gasteiger partial charge in [-0.25, -0.2) is 9.34 Å². The van der Waals surface area contributed by atoms with Crippen molar-refractivity contribution in [2.24, 2.45) is 11.8 Å². The summed E-state index contributed by atoms with van der Waals surface area (Å²) in [5, 5.41) is 22.9. The molecule has 8 heterocycles. The number of aliphatic hydroxyl groups excluding tert-OH is 1. The summed E-state index contributed by atoms with van der Waals surface area (Å²) >= 11 is 6.25. The number of nitrogens with zero attached hydrogens (tertiary/aromatic N) is 3. The quantitative estimate of drug-likeness (QED) is 0.181. The topological polar surface area (TPSA) is 118 Å². The fourth-order valence-electron chi connectivity index (χ4n) is 12.3. The van der Waals surface area contributed by atoms with Crippen LogP contribution in [-0.4, -0.2) is 164 Å². The first-order valence-corrected chi connectivity index (χ1v) is 28.6. The Kier molecular flexibility index (Phi) is 20.9. The molecule has 64 heavy (non-hydrogen) atoms. The molecule has 13 atom stereocenters. The van der Waals surface area contributed by atoms with Gasteiger partial charge in [0.05, 0.1) is 54.4 Å². The van der Waals surface area contributed by atoms with Crippen molar-refractivity contribution in [3.63, 3.8) is 0 Å². The Balaban J connectivity index is 0.000000140. The molecule has 3 N–H and O–H groups in total. The van der Waals surface area contributed by atoms with Crippen molar-refractivity contribution in [2.75, 3.05) is 53.0 Å². The second-order valence-corrected chi connectivity index (χ2v) is 24.0. The molecule has 0 bridgehead atoms. The van der Waals surface area contributed by atoms with E-state index in [2.05, 4.69) is 40.5 Å². The summed E-state index contributed by atoms with van der Waals surface area (Å²) in [6.07, 6.45) is 23.8. The predicted molar refractivity (Wildman–Crippen MR) is 262 cm³/mol. The fourth-order valence-corrected chi connectivity index (χ4v) is 17.1. The van der Waals surface area contributed by atoms with Crippen LogP contribution in [0.4, 0.5) is 0 Å². The van der Waals surface area contributed by atoms with Gasteiger partial charge in [-0.2, -0.15) is 0 Å². The van der Waals surface area contributed by atoms with E-state index in [1.807, 2.05) is 13.8 Å². The van der Waals surface area contributed by atoms with Crippen LogP contribution in [0.1, 0.15) is 164 Å². The molecule has 3 saturated carbocycles. The minimum Gasteiger partial charge on any atom is -0.390 e. The zero-order valence-electron chi connectivity index (χ0n) is 39.6. The molecular formula is C47H87B2ClN4O8P2. The molecule has 3 aliphatic carbocycles. The molecule has 11 aliphatic rings. The molecule has 0 amide bonds. The molecule has 2 spiro atoms. The number of nitrogens with one attached hydrogen (secondary N) is 1. The highest BCUT2D eigenvalue weighted by molar-refractivity contribution is 7.78. The van der Waals surface area contributed by atoms with Gasteiger partial charge in [0.15, 0.2) is 0 Å². The normalized spacial score (nSPS) is 41.6. The Morgan fingerprint density at radius 3 is 1.75 bits per heavy atom. The average molecular weight is 955 g/mol. The van der Waals surface area contributed by atoms with Crippen LogP contribution in [0.2, 0.25) is 0 Å². The first-order chi connectivity index (χ1) is 30.3. The van der Waals surface area contributed by atoms with Gasteiger partial charge in [0.25, 0.3) is 8.53 Å². The molecule has 0 aromatic carbocycles. The molecular weight excluding hydrogens is 868 g/mol. The van der Waals surface area contributed by atoms with E-state index in [4.69, 9.17) is 54.7 Å². The number of halogens is 1. The van der Waals surface area contributed by atoms with Crippen molar-refractivity contribution in [1.29, 1.82) is 0 Å². The summed E-state index contributed by atoms with van der Waals surface area (Å²) in [4.78, 5) is 2.27. The van der Waals surface area contributed by atoms with Crippen LogP contribution in [0, 0.1) is 11.8 Å². The number of fused-ring (bicyclic) bond motifs is 4. The lowest BCUT2D eigenvalue weighted by Crippen LogP contribution is -2.45. The Bertz CT molecular complexity index is 1380. The molecule has 8 aliphatic heterocycles. The minimum absolute atomic E-state index is 0. The second kappa shape index (κ2) is 24.8. The van der Waals surface area contributed by atoms with Crippen LogP contribution in [0.5, 0.6) is 0 Å². The van der Waals surface area contributed by atoms with E-state index in [-0.39, 0.29) is 72.5 Å². The number of hydrogen-bond acceptors (Lipinski definition) is 12. The number of ether oxygens (including phenoxy) is 3. The molecule has 0 aromatic heterocycles. The van der Waals surface area contributed by atoms with Crippen molar-refractivity contribution in [2.45, 2.75) is 235 Å². The first kappa shape index (κ1) is 54.1. The van der Waals surface area contributed by atoms with Crippen molar-refractivity contribution >= 4 is 43.1 Å². The van der Waals surface area contributed by atoms with E-state index >= 15 is 0 Å². The molecule has 4 radical (unpaired) electrons. The van der Waals surface area contributed by atoms with Gasteiger partial charge >= 0.3 is 0 Å². The van der Waals surface area contributed by atoms with E-state index < -0.39 is 16.2 Å². The average Bonchev–Trinajstić information content (AvgIpc) is 4.13. The molecule has 17 heteroatoms. The molecule has 366 valence electrons. The van der Waals surface area contributed by atoms with Crippen LogP contribution in [0.25, 0.3) is 0 Å². The lowest BCUT2D eigenvalue weighted by molar-refractivity contribution is 0.0144. The number of likely N-dealkylation sites (N-methyl/N-ethyl adjacent to an activating group) is 1. The smallest absolute Gasteiger partial charge is 0.260 e. The van der Waals surface area contributed by atoms with Gasteiger partial charge in [0, 0.05) is 68.1 Å². The van der Waals surface area contributed by atoms with E-state index in [0.29, 0.717) is 18.1 Å². The summed E-state index contributed by atoms with van der Waals surface area (Å²) in [7, 11) is 12.1. The summed E-state index contributed by atoms with van der Waals surface area (Å²) < 4.78 is 40.3. The number of morpholine rings is 1. The van der Waals surface area contributed by atoms with E-state index in [1.54, 1.807) is 0 Å². The van der Waals surface area contributed by atoms with Crippen LogP contribution >= 0.6 is 27.4 Å². The molecule has 11 fully saturated rings. The Morgan fingerprint density at radius 2 is 1.25 bits per heavy atom. The van der Waals surface area contributed by atoms with Gasteiger partial charge in [0.1, 0.15) is 15.7 Å². The first-order valence-electron chi connectivity index (χ1n) is 25.4. The monoisotopic (exact) mass is 955 g/mol. The molecule has 12 nitrogen and oxygen atoms in total. The molecule has 11 rings (SSSR count). The van der Waals surface area contributed by atoms with Crippen LogP contribution in [0.15, 0.2) is 0 Å². The zero-order valence-corrected chi connectivity index (χ0v) is 42.1. The van der Waals surface area contributed by atoms with E-state index in [9.17, 15) is 10.2 Å². The molecule has 3 unspecified atom stereocenters. The van der Waals surface area contributed by atoms with Crippen molar-refractivity contribution < 1.29 is 38.0 Å². The van der Waals surface area contributed by atoms with E-state index in [0.717, 1.165) is 65.1 Å². The lowest BCUT2D eigenvalue weighted by Gasteiger charge is -2.29. The van der Waals surface area contributed by atoms with Crippen LogP contribution in [0.3, 0.4) is 0 Å². The number of aliphatic hydroxyl groups is 2. The van der Waals surface area contributed by atoms with Gasteiger partial charge in [-0.15, -0.1) is 0 Å². The van der Waals surface area contributed by atoms with Crippen LogP contribution < -0.4 is 5.32 Å². The zero-order chi connectivity index (χ0) is 44.8. The number of hydrogen-bond donors (Lipinski definition) is 3. The molecule has 0 aromatic rings. The Labute approximate surface area is 398 Å². The lowest BCUT2D eigenvalue weighted by atomic mass is 9.86. The van der Waals surface area contributed by atoms with Gasteiger partial charge in [-0.05, 0) is 115 Å². The summed E-state index contributed by atoms with van der Waals surface area (Å²) in [6.45, 7) is 15.6. The maximum atomic E-state index is 10.1. The van der Waals surface area contributed by atoms with Gasteiger partial charge < -0.3 is 48.2 Å². The van der Waals surface area contributed by atoms with Gasteiger partial charge in [0.2, 0.25) is 7.65 Å². The van der Waals surface area contributed by atoms with Crippen LogP contribution in [-0.2, 0) is 27.8 Å². The van der Waals surface area contributed by atoms with Crippen molar-refractivity contribution in [3.05, 3.63) is 0 Å². The largest absolute Gasteiger partial charge is 0.390 e. The third-order valence-electron chi connectivity index (χ3n) is 16.4. The van der Waals surface area contributed by atoms with Gasteiger partial charge in [-0.1, -0.05) is 73.6 Å². The highest BCUT2D eigenvalue weighted by Crippen LogP contribution is 2.66. The Hall–Kier alpha value is 0.800. The predicted octanol–water partition coefficient (Wildman–Crippen LogP) is 8.52. The van der Waals surface area contributed by atoms with Crippen molar-refractivity contribution in [1.82, 2.24) is 19.6 Å². The fraction of sp³-hybridized carbons (Fsp3) is 1.00.